The molecule has 1 atom stereocenters. The van der Waals surface area contributed by atoms with E-state index in [1.54, 1.807) is 36.4 Å². The number of nitrogens with one attached hydrogen (secondary N) is 1. The molecule has 3 aromatic rings. The van der Waals surface area contributed by atoms with Crippen LogP contribution in [0.4, 0.5) is 5.69 Å². The Morgan fingerprint density at radius 1 is 0.952 bits per heavy atom. The van der Waals surface area contributed by atoms with E-state index in [1.807, 2.05) is 50.2 Å². The fraction of sp³-hybridized carbons (Fsp3) is 0.355. The average Bonchev–Trinajstić information content (AvgIpc) is 3.45. The van der Waals surface area contributed by atoms with Gasteiger partial charge in [-0.25, -0.2) is 8.42 Å². The molecule has 1 N–H and O–H groups in total. The minimum atomic E-state index is -3.90. The Bertz CT molecular complexity index is 1500. The highest BCUT2D eigenvalue weighted by Gasteiger charge is 2.34. The number of amides is 2. The number of nitrogens with zero attached hydrogens (tertiary/aromatic N) is 2. The Labute approximate surface area is 252 Å². The number of ether oxygens (including phenoxy) is 2. The molecule has 2 amide bonds. The highest BCUT2D eigenvalue weighted by atomic mass is 35.5. The molecule has 9 nitrogen and oxygen atoms in total. The number of benzene rings is 3. The van der Waals surface area contributed by atoms with Gasteiger partial charge in [0.2, 0.25) is 28.6 Å². The van der Waals surface area contributed by atoms with E-state index >= 15 is 0 Å². The summed E-state index contributed by atoms with van der Waals surface area (Å²) >= 11 is 6.26. The summed E-state index contributed by atoms with van der Waals surface area (Å²) < 4.78 is 38.5. The second kappa shape index (κ2) is 13.9. The van der Waals surface area contributed by atoms with E-state index in [0.717, 1.165) is 9.87 Å². The van der Waals surface area contributed by atoms with E-state index in [4.69, 9.17) is 21.1 Å². The van der Waals surface area contributed by atoms with Gasteiger partial charge < -0.3 is 19.7 Å². The summed E-state index contributed by atoms with van der Waals surface area (Å²) in [6, 6.07) is 20.3. The van der Waals surface area contributed by atoms with Crippen molar-refractivity contribution >= 4 is 39.1 Å². The Morgan fingerprint density at radius 3 is 2.36 bits per heavy atom. The van der Waals surface area contributed by atoms with Crippen molar-refractivity contribution in [2.45, 2.75) is 39.8 Å². The van der Waals surface area contributed by atoms with Crippen LogP contribution in [-0.2, 0) is 32.6 Å². The lowest BCUT2D eigenvalue weighted by Crippen LogP contribution is -2.53. The van der Waals surface area contributed by atoms with Crippen molar-refractivity contribution in [1.82, 2.24) is 10.2 Å². The summed E-state index contributed by atoms with van der Waals surface area (Å²) in [5.74, 6) is -0.0140. The van der Waals surface area contributed by atoms with Crippen molar-refractivity contribution in [2.75, 3.05) is 29.9 Å². The van der Waals surface area contributed by atoms with Crippen LogP contribution in [0.5, 0.6) is 11.5 Å². The zero-order valence-corrected chi connectivity index (χ0v) is 25.5. The zero-order valence-electron chi connectivity index (χ0n) is 24.0. The fourth-order valence-electron chi connectivity index (χ4n) is 4.57. The molecule has 1 unspecified atom stereocenters. The molecule has 3 aromatic carbocycles. The number of fused-ring (bicyclic) bond motifs is 1. The molecule has 0 fully saturated rings. The SMILES string of the molecule is CCS(=O)(=O)N(CC(=O)N(Cc1cccc(Cl)c1)C(Cc1ccccc1)C(=O)NCC(C)C)c1ccc2c(c1)OCO2. The molecule has 1 heterocycles. The second-order valence-corrected chi connectivity index (χ2v) is 13.1. The highest BCUT2D eigenvalue weighted by molar-refractivity contribution is 7.92. The van der Waals surface area contributed by atoms with E-state index in [2.05, 4.69) is 5.32 Å². The monoisotopic (exact) mass is 613 g/mol. The first-order valence-corrected chi connectivity index (χ1v) is 15.8. The quantitative estimate of drug-likeness (QED) is 0.301. The summed E-state index contributed by atoms with van der Waals surface area (Å²) in [7, 11) is -3.90. The molecular weight excluding hydrogens is 578 g/mol. The molecule has 0 saturated heterocycles. The summed E-state index contributed by atoms with van der Waals surface area (Å²) in [6.07, 6.45) is 0.238. The summed E-state index contributed by atoms with van der Waals surface area (Å²) in [4.78, 5) is 29.4. The molecule has 0 bridgehead atoms. The van der Waals surface area contributed by atoms with Gasteiger partial charge in [-0.05, 0) is 48.2 Å². The molecule has 0 aromatic heterocycles. The van der Waals surface area contributed by atoms with Crippen LogP contribution in [0, 0.1) is 5.92 Å². The van der Waals surface area contributed by atoms with Crippen LogP contribution >= 0.6 is 11.6 Å². The Balaban J connectivity index is 1.74. The second-order valence-electron chi connectivity index (χ2n) is 10.4. The third-order valence-corrected chi connectivity index (χ3v) is 8.80. The number of carbonyl (C=O) groups excluding carboxylic acids is 2. The lowest BCUT2D eigenvalue weighted by molar-refractivity contribution is -0.140. The van der Waals surface area contributed by atoms with Crippen LogP contribution in [0.1, 0.15) is 31.9 Å². The first-order valence-electron chi connectivity index (χ1n) is 13.8. The number of hydrogen-bond donors (Lipinski definition) is 1. The maximum absolute atomic E-state index is 14.2. The van der Waals surface area contributed by atoms with Crippen LogP contribution in [0.15, 0.2) is 72.8 Å². The Morgan fingerprint density at radius 2 is 1.67 bits per heavy atom. The molecule has 0 spiro atoms. The summed E-state index contributed by atoms with van der Waals surface area (Å²) in [6.45, 7) is 5.48. The van der Waals surface area contributed by atoms with E-state index in [0.29, 0.717) is 28.6 Å². The van der Waals surface area contributed by atoms with Crippen LogP contribution in [0.25, 0.3) is 0 Å². The van der Waals surface area contributed by atoms with Gasteiger partial charge in [0.1, 0.15) is 12.6 Å². The number of halogens is 1. The largest absolute Gasteiger partial charge is 0.454 e. The number of carbonyl (C=O) groups is 2. The van der Waals surface area contributed by atoms with Gasteiger partial charge in [0, 0.05) is 30.6 Å². The maximum atomic E-state index is 14.2. The van der Waals surface area contributed by atoms with E-state index in [-0.39, 0.29) is 43.0 Å². The first-order chi connectivity index (χ1) is 20.1. The molecule has 0 radical (unpaired) electrons. The molecular formula is C31H36ClN3O6S. The lowest BCUT2D eigenvalue weighted by Gasteiger charge is -2.34. The van der Waals surface area contributed by atoms with Gasteiger partial charge in [-0.15, -0.1) is 0 Å². The van der Waals surface area contributed by atoms with Crippen LogP contribution in [0.2, 0.25) is 5.02 Å². The third-order valence-electron chi connectivity index (χ3n) is 6.82. The molecule has 0 saturated carbocycles. The minimum absolute atomic E-state index is 0.0261. The summed E-state index contributed by atoms with van der Waals surface area (Å²) in [5, 5.41) is 3.45. The van der Waals surface area contributed by atoms with Crippen molar-refractivity contribution in [3.8, 4) is 11.5 Å². The standard InChI is InChI=1S/C31H36ClN3O6S/c1-4-42(38,39)35(26-13-14-28-29(17-26)41-21-40-28)20-30(36)34(19-24-11-8-12-25(32)15-24)27(31(37)33-18-22(2)3)16-23-9-6-5-7-10-23/h5-15,17,22,27H,4,16,18-21H2,1-3H3,(H,33,37). The van der Waals surface area contributed by atoms with E-state index < -0.39 is 28.5 Å². The minimum Gasteiger partial charge on any atom is -0.454 e. The van der Waals surface area contributed by atoms with Gasteiger partial charge in [-0.2, -0.15) is 0 Å². The molecule has 4 rings (SSSR count). The van der Waals surface area contributed by atoms with Crippen molar-refractivity contribution in [3.63, 3.8) is 0 Å². The van der Waals surface area contributed by atoms with Crippen LogP contribution < -0.4 is 19.1 Å². The predicted molar refractivity (Wildman–Crippen MR) is 163 cm³/mol. The number of hydrogen-bond acceptors (Lipinski definition) is 6. The molecule has 42 heavy (non-hydrogen) atoms. The van der Waals surface area contributed by atoms with Gasteiger partial charge in [-0.3, -0.25) is 13.9 Å². The van der Waals surface area contributed by atoms with Gasteiger partial charge in [0.05, 0.1) is 11.4 Å². The number of anilines is 1. The molecule has 11 heteroatoms. The van der Waals surface area contributed by atoms with Crippen LogP contribution in [-0.4, -0.2) is 56.8 Å². The molecule has 0 aliphatic carbocycles. The average molecular weight is 614 g/mol. The van der Waals surface area contributed by atoms with Gasteiger partial charge in [0.25, 0.3) is 0 Å². The van der Waals surface area contributed by atoms with Crippen molar-refractivity contribution in [3.05, 3.63) is 88.9 Å². The molecule has 1 aliphatic rings. The third kappa shape index (κ3) is 7.95. The smallest absolute Gasteiger partial charge is 0.244 e. The lowest BCUT2D eigenvalue weighted by atomic mass is 10.0. The summed E-state index contributed by atoms with van der Waals surface area (Å²) in [5.41, 5.74) is 1.83. The maximum Gasteiger partial charge on any atom is 0.244 e. The van der Waals surface area contributed by atoms with Crippen molar-refractivity contribution in [2.24, 2.45) is 5.92 Å². The predicted octanol–water partition coefficient (Wildman–Crippen LogP) is 4.64. The number of sulfonamides is 1. The van der Waals surface area contributed by atoms with Crippen LogP contribution in [0.3, 0.4) is 0 Å². The normalized spacial score (nSPS) is 13.1. The fourth-order valence-corrected chi connectivity index (χ4v) is 5.84. The van der Waals surface area contributed by atoms with Crippen molar-refractivity contribution in [1.29, 1.82) is 0 Å². The Kier molecular flexibility index (Phi) is 10.3. The molecule has 224 valence electrons. The topological polar surface area (TPSA) is 105 Å². The van der Waals surface area contributed by atoms with Gasteiger partial charge in [-0.1, -0.05) is 67.9 Å². The Hall–Kier alpha value is -3.76. The highest BCUT2D eigenvalue weighted by Crippen LogP contribution is 2.36. The van der Waals surface area contributed by atoms with Gasteiger partial charge >= 0.3 is 0 Å². The molecule has 1 aliphatic heterocycles. The number of rotatable bonds is 13. The van der Waals surface area contributed by atoms with E-state index in [1.165, 1.54) is 11.8 Å². The van der Waals surface area contributed by atoms with Gasteiger partial charge in [0.15, 0.2) is 11.5 Å². The van der Waals surface area contributed by atoms with E-state index in [9.17, 15) is 18.0 Å². The zero-order chi connectivity index (χ0) is 30.3. The first kappa shape index (κ1) is 31.2. The van der Waals surface area contributed by atoms with Crippen molar-refractivity contribution < 1.29 is 27.5 Å².